The number of ether oxygens (including phenoxy) is 1. The first-order valence-corrected chi connectivity index (χ1v) is 5.89. The number of rotatable bonds is 3. The number of benzene rings is 1. The summed E-state index contributed by atoms with van der Waals surface area (Å²) < 4.78 is 18.4. The van der Waals surface area contributed by atoms with E-state index in [4.69, 9.17) is 9.84 Å². The van der Waals surface area contributed by atoms with Crippen molar-refractivity contribution < 1.29 is 23.8 Å². The molecule has 0 aliphatic carbocycles. The molecule has 1 heterocycles. The van der Waals surface area contributed by atoms with Gasteiger partial charge in [0.15, 0.2) is 0 Å². The van der Waals surface area contributed by atoms with Crippen molar-refractivity contribution in [3.8, 4) is 5.75 Å². The van der Waals surface area contributed by atoms with Crippen LogP contribution in [0.3, 0.4) is 0 Å². The lowest BCUT2D eigenvalue weighted by atomic mass is 9.97. The molecule has 1 aromatic carbocycles. The summed E-state index contributed by atoms with van der Waals surface area (Å²) in [7, 11) is 1.40. The van der Waals surface area contributed by atoms with Gasteiger partial charge in [-0.05, 0) is 12.5 Å². The van der Waals surface area contributed by atoms with Crippen LogP contribution in [-0.2, 0) is 9.59 Å². The van der Waals surface area contributed by atoms with Crippen molar-refractivity contribution >= 4 is 17.6 Å². The Labute approximate surface area is 109 Å². The van der Waals surface area contributed by atoms with Crippen LogP contribution < -0.4 is 9.64 Å². The summed E-state index contributed by atoms with van der Waals surface area (Å²) in [5.74, 6) is -2.00. The van der Waals surface area contributed by atoms with Crippen LogP contribution >= 0.6 is 0 Å². The number of amides is 1. The van der Waals surface area contributed by atoms with E-state index in [1.807, 2.05) is 0 Å². The van der Waals surface area contributed by atoms with Crippen LogP contribution in [0.15, 0.2) is 18.2 Å². The SMILES string of the molecule is COc1cc(F)cc(N2CC(C(=O)O)CCC2=O)c1. The number of carboxylic acids is 1. The molecule has 0 radical (unpaired) electrons. The maximum absolute atomic E-state index is 13.4. The molecule has 5 nitrogen and oxygen atoms in total. The Morgan fingerprint density at radius 2 is 2.21 bits per heavy atom. The highest BCUT2D eigenvalue weighted by atomic mass is 19.1. The molecule has 1 N–H and O–H groups in total. The summed E-state index contributed by atoms with van der Waals surface area (Å²) >= 11 is 0. The minimum absolute atomic E-state index is 0.0563. The number of piperidine rings is 1. The summed E-state index contributed by atoms with van der Waals surface area (Å²) in [6.45, 7) is 0.0563. The number of hydrogen-bond acceptors (Lipinski definition) is 3. The topological polar surface area (TPSA) is 66.8 Å². The van der Waals surface area contributed by atoms with Crippen molar-refractivity contribution in [1.82, 2.24) is 0 Å². The number of hydrogen-bond donors (Lipinski definition) is 1. The third-order valence-corrected chi connectivity index (χ3v) is 3.16. The standard InChI is InChI=1S/C13H14FNO4/c1-19-11-5-9(14)4-10(6-11)15-7-8(13(17)18)2-3-12(15)16/h4-6,8H,2-3,7H2,1H3,(H,17,18). The van der Waals surface area contributed by atoms with Crippen molar-refractivity contribution in [1.29, 1.82) is 0 Å². The van der Waals surface area contributed by atoms with Crippen molar-refractivity contribution in [3.63, 3.8) is 0 Å². The van der Waals surface area contributed by atoms with Gasteiger partial charge in [0.05, 0.1) is 18.7 Å². The van der Waals surface area contributed by atoms with E-state index in [9.17, 15) is 14.0 Å². The molecule has 1 aliphatic rings. The average molecular weight is 267 g/mol. The molecular formula is C13H14FNO4. The van der Waals surface area contributed by atoms with Crippen molar-refractivity contribution in [3.05, 3.63) is 24.0 Å². The molecule has 2 rings (SSSR count). The maximum atomic E-state index is 13.4. The van der Waals surface area contributed by atoms with Crippen molar-refractivity contribution in [2.75, 3.05) is 18.6 Å². The van der Waals surface area contributed by atoms with Crippen LogP contribution in [0.5, 0.6) is 5.75 Å². The monoisotopic (exact) mass is 267 g/mol. The zero-order valence-electron chi connectivity index (χ0n) is 10.4. The smallest absolute Gasteiger partial charge is 0.308 e. The maximum Gasteiger partial charge on any atom is 0.308 e. The first-order valence-electron chi connectivity index (χ1n) is 5.89. The lowest BCUT2D eigenvalue weighted by Gasteiger charge is -2.30. The number of carbonyl (C=O) groups is 2. The van der Waals surface area contributed by atoms with Crippen LogP contribution in [-0.4, -0.2) is 30.6 Å². The second-order valence-corrected chi connectivity index (χ2v) is 4.43. The molecule has 0 spiro atoms. The van der Waals surface area contributed by atoms with Crippen LogP contribution in [0, 0.1) is 11.7 Å². The van der Waals surface area contributed by atoms with Crippen LogP contribution in [0.25, 0.3) is 0 Å². The molecule has 1 amide bonds. The van der Waals surface area contributed by atoms with E-state index < -0.39 is 17.7 Å². The third-order valence-electron chi connectivity index (χ3n) is 3.16. The average Bonchev–Trinajstić information content (AvgIpc) is 2.38. The minimum Gasteiger partial charge on any atom is -0.497 e. The molecule has 0 aromatic heterocycles. The van der Waals surface area contributed by atoms with Gasteiger partial charge in [0, 0.05) is 25.1 Å². The third kappa shape index (κ3) is 2.83. The first-order chi connectivity index (χ1) is 9.01. The summed E-state index contributed by atoms with van der Waals surface area (Å²) in [5.41, 5.74) is 0.327. The van der Waals surface area contributed by atoms with Gasteiger partial charge >= 0.3 is 5.97 Å². The first kappa shape index (κ1) is 13.3. The summed E-state index contributed by atoms with van der Waals surface area (Å²) in [6, 6.07) is 3.92. The molecule has 1 aliphatic heterocycles. The zero-order valence-corrected chi connectivity index (χ0v) is 10.4. The molecule has 0 bridgehead atoms. The van der Waals surface area contributed by atoms with E-state index in [1.165, 1.54) is 30.2 Å². The molecule has 1 aromatic rings. The molecule has 102 valence electrons. The second kappa shape index (κ2) is 5.26. The summed E-state index contributed by atoms with van der Waals surface area (Å²) in [6.07, 6.45) is 0.465. The van der Waals surface area contributed by atoms with Crippen LogP contribution in [0.2, 0.25) is 0 Å². The van der Waals surface area contributed by atoms with Gasteiger partial charge in [-0.25, -0.2) is 4.39 Å². The van der Waals surface area contributed by atoms with Gasteiger partial charge in [-0.3, -0.25) is 9.59 Å². The molecular weight excluding hydrogens is 253 g/mol. The van der Waals surface area contributed by atoms with E-state index in [2.05, 4.69) is 0 Å². The van der Waals surface area contributed by atoms with Gasteiger partial charge < -0.3 is 14.7 Å². The Morgan fingerprint density at radius 3 is 2.84 bits per heavy atom. The fourth-order valence-electron chi connectivity index (χ4n) is 2.12. The molecule has 1 atom stereocenters. The largest absolute Gasteiger partial charge is 0.497 e. The fraction of sp³-hybridized carbons (Fsp3) is 0.385. The van der Waals surface area contributed by atoms with Gasteiger partial charge in [-0.1, -0.05) is 0 Å². The van der Waals surface area contributed by atoms with E-state index in [-0.39, 0.29) is 18.9 Å². The second-order valence-electron chi connectivity index (χ2n) is 4.43. The molecule has 0 saturated carbocycles. The number of carbonyl (C=O) groups excluding carboxylic acids is 1. The van der Waals surface area contributed by atoms with Gasteiger partial charge in [0.1, 0.15) is 11.6 Å². The number of anilines is 1. The van der Waals surface area contributed by atoms with Crippen molar-refractivity contribution in [2.45, 2.75) is 12.8 Å². The number of aliphatic carboxylic acids is 1. The van der Waals surface area contributed by atoms with E-state index in [0.717, 1.165) is 0 Å². The highest BCUT2D eigenvalue weighted by molar-refractivity contribution is 5.95. The van der Waals surface area contributed by atoms with Gasteiger partial charge in [-0.15, -0.1) is 0 Å². The Hall–Kier alpha value is -2.11. The lowest BCUT2D eigenvalue weighted by Crippen LogP contribution is -2.42. The van der Waals surface area contributed by atoms with Crippen molar-refractivity contribution in [2.24, 2.45) is 5.92 Å². The van der Waals surface area contributed by atoms with Gasteiger partial charge in [-0.2, -0.15) is 0 Å². The predicted molar refractivity (Wildman–Crippen MR) is 65.7 cm³/mol. The van der Waals surface area contributed by atoms with E-state index in [1.54, 1.807) is 0 Å². The summed E-state index contributed by atoms with van der Waals surface area (Å²) in [4.78, 5) is 24.1. The summed E-state index contributed by atoms with van der Waals surface area (Å²) in [5, 5.41) is 9.01. The fourth-order valence-corrected chi connectivity index (χ4v) is 2.12. The molecule has 6 heteroatoms. The number of nitrogens with zero attached hydrogens (tertiary/aromatic N) is 1. The Kier molecular flexibility index (Phi) is 3.69. The normalized spacial score (nSPS) is 19.4. The Balaban J connectivity index is 2.30. The number of halogens is 1. The van der Waals surface area contributed by atoms with Crippen LogP contribution in [0.4, 0.5) is 10.1 Å². The zero-order chi connectivity index (χ0) is 14.0. The van der Waals surface area contributed by atoms with E-state index >= 15 is 0 Å². The predicted octanol–water partition coefficient (Wildman–Crippen LogP) is 1.66. The molecule has 1 unspecified atom stereocenters. The van der Waals surface area contributed by atoms with Gasteiger partial charge in [0.25, 0.3) is 0 Å². The molecule has 1 saturated heterocycles. The quantitative estimate of drug-likeness (QED) is 0.904. The Bertz CT molecular complexity index is 517. The van der Waals surface area contributed by atoms with Gasteiger partial charge in [0.2, 0.25) is 5.91 Å². The van der Waals surface area contributed by atoms with E-state index in [0.29, 0.717) is 17.9 Å². The number of methoxy groups -OCH3 is 1. The lowest BCUT2D eigenvalue weighted by molar-refractivity contribution is -0.142. The number of carboxylic acid groups (broad SMARTS) is 1. The molecule has 1 fully saturated rings. The highest BCUT2D eigenvalue weighted by Crippen LogP contribution is 2.28. The highest BCUT2D eigenvalue weighted by Gasteiger charge is 2.31. The molecule has 19 heavy (non-hydrogen) atoms. The minimum atomic E-state index is -0.944. The van der Waals surface area contributed by atoms with Crippen LogP contribution in [0.1, 0.15) is 12.8 Å². The Morgan fingerprint density at radius 1 is 1.47 bits per heavy atom.